The lowest BCUT2D eigenvalue weighted by Gasteiger charge is -1.97. The first-order chi connectivity index (χ1) is 6.38. The molecule has 13 heavy (non-hydrogen) atoms. The van der Waals surface area contributed by atoms with Gasteiger partial charge < -0.3 is 4.74 Å². The number of nitrogen functional groups attached to an aromatic ring is 1. The van der Waals surface area contributed by atoms with Crippen molar-refractivity contribution in [2.45, 2.75) is 19.4 Å². The van der Waals surface area contributed by atoms with E-state index in [2.05, 4.69) is 15.6 Å². The zero-order chi connectivity index (χ0) is 9.10. The number of ether oxygens (including phenoxy) is 1. The van der Waals surface area contributed by atoms with Gasteiger partial charge in [0.15, 0.2) is 0 Å². The molecule has 1 saturated carbocycles. The van der Waals surface area contributed by atoms with E-state index in [4.69, 9.17) is 10.6 Å². The van der Waals surface area contributed by atoms with Gasteiger partial charge in [-0.15, -0.1) is 10.2 Å². The summed E-state index contributed by atoms with van der Waals surface area (Å²) in [7, 11) is 0. The van der Waals surface area contributed by atoms with Gasteiger partial charge in [0.05, 0.1) is 0 Å². The van der Waals surface area contributed by atoms with Gasteiger partial charge in [-0.1, -0.05) is 11.3 Å². The maximum atomic E-state index is 5.44. The molecule has 1 aliphatic carbocycles. The number of nitrogens with zero attached hydrogens (tertiary/aromatic N) is 2. The van der Waals surface area contributed by atoms with E-state index in [0.717, 1.165) is 17.5 Å². The molecule has 6 heteroatoms. The summed E-state index contributed by atoms with van der Waals surface area (Å²) in [6, 6.07) is 0. The van der Waals surface area contributed by atoms with Crippen molar-refractivity contribution in [1.29, 1.82) is 0 Å². The van der Waals surface area contributed by atoms with Crippen LogP contribution in [0.5, 0.6) is 0 Å². The Morgan fingerprint density at radius 1 is 1.54 bits per heavy atom. The smallest absolute Gasteiger partial charge is 0.219 e. The molecule has 1 aromatic rings. The van der Waals surface area contributed by atoms with Gasteiger partial charge in [-0.25, -0.2) is 5.84 Å². The Bertz CT molecular complexity index is 273. The summed E-state index contributed by atoms with van der Waals surface area (Å²) in [5, 5.41) is 9.20. The minimum Gasteiger partial charge on any atom is -0.374 e. The molecular formula is C7H12N4OS. The fourth-order valence-corrected chi connectivity index (χ4v) is 1.56. The van der Waals surface area contributed by atoms with Crippen LogP contribution in [0.15, 0.2) is 0 Å². The van der Waals surface area contributed by atoms with Gasteiger partial charge in [0.2, 0.25) is 5.13 Å². The van der Waals surface area contributed by atoms with E-state index in [0.29, 0.717) is 11.7 Å². The van der Waals surface area contributed by atoms with Crippen LogP contribution >= 0.6 is 11.3 Å². The molecule has 1 aliphatic rings. The van der Waals surface area contributed by atoms with Crippen molar-refractivity contribution >= 4 is 16.5 Å². The summed E-state index contributed by atoms with van der Waals surface area (Å²) in [6.45, 7) is 1.40. The largest absolute Gasteiger partial charge is 0.374 e. The maximum Gasteiger partial charge on any atom is 0.219 e. The van der Waals surface area contributed by atoms with Gasteiger partial charge in [0.1, 0.15) is 11.6 Å². The first kappa shape index (κ1) is 8.86. The van der Waals surface area contributed by atoms with Crippen molar-refractivity contribution < 1.29 is 4.74 Å². The summed E-state index contributed by atoms with van der Waals surface area (Å²) in [5.74, 6) is 5.96. The van der Waals surface area contributed by atoms with Crippen LogP contribution in [0.1, 0.15) is 17.8 Å². The summed E-state index contributed by atoms with van der Waals surface area (Å²) in [4.78, 5) is 0. The van der Waals surface area contributed by atoms with Crippen LogP contribution in [-0.2, 0) is 11.3 Å². The molecular weight excluding hydrogens is 188 g/mol. The number of anilines is 1. The van der Waals surface area contributed by atoms with Gasteiger partial charge in [-0.3, -0.25) is 5.43 Å². The van der Waals surface area contributed by atoms with E-state index in [-0.39, 0.29) is 0 Å². The predicted octanol–water partition coefficient (Wildman–Crippen LogP) is 0.750. The highest BCUT2D eigenvalue weighted by atomic mass is 32.1. The molecule has 0 atom stereocenters. The van der Waals surface area contributed by atoms with E-state index in [1.165, 1.54) is 24.2 Å². The van der Waals surface area contributed by atoms with Crippen LogP contribution < -0.4 is 11.3 Å². The molecule has 0 bridgehead atoms. The van der Waals surface area contributed by atoms with E-state index >= 15 is 0 Å². The molecule has 1 aromatic heterocycles. The lowest BCUT2D eigenvalue weighted by Crippen LogP contribution is -2.05. The molecule has 0 aliphatic heterocycles. The Labute approximate surface area is 80.3 Å². The Morgan fingerprint density at radius 3 is 3.00 bits per heavy atom. The van der Waals surface area contributed by atoms with Crippen molar-refractivity contribution in [2.75, 3.05) is 12.0 Å². The molecule has 0 spiro atoms. The number of aromatic nitrogens is 2. The predicted molar refractivity (Wildman–Crippen MR) is 50.1 cm³/mol. The second kappa shape index (κ2) is 3.99. The maximum absolute atomic E-state index is 5.44. The molecule has 0 aromatic carbocycles. The third kappa shape index (κ3) is 2.61. The summed E-state index contributed by atoms with van der Waals surface area (Å²) in [6.07, 6.45) is 2.62. The number of hydrazine groups is 1. The second-order valence-electron chi connectivity index (χ2n) is 3.10. The molecule has 3 N–H and O–H groups in total. The number of nitrogens with one attached hydrogen (secondary N) is 1. The summed E-state index contributed by atoms with van der Waals surface area (Å²) >= 11 is 1.42. The topological polar surface area (TPSA) is 73.1 Å². The third-order valence-corrected chi connectivity index (χ3v) is 2.69. The summed E-state index contributed by atoms with van der Waals surface area (Å²) in [5.41, 5.74) is 2.45. The zero-order valence-electron chi connectivity index (χ0n) is 7.19. The van der Waals surface area contributed by atoms with Crippen LogP contribution in [0.3, 0.4) is 0 Å². The highest BCUT2D eigenvalue weighted by Crippen LogP contribution is 2.29. The average molecular weight is 200 g/mol. The number of nitrogens with two attached hydrogens (primary N) is 1. The fourth-order valence-electron chi connectivity index (χ4n) is 0.968. The first-order valence-electron chi connectivity index (χ1n) is 4.25. The molecule has 2 rings (SSSR count). The first-order valence-corrected chi connectivity index (χ1v) is 5.07. The zero-order valence-corrected chi connectivity index (χ0v) is 8.01. The number of hydrogen-bond donors (Lipinski definition) is 2. The Hall–Kier alpha value is -0.720. The van der Waals surface area contributed by atoms with E-state index in [1.807, 2.05) is 0 Å². The average Bonchev–Trinajstić information content (AvgIpc) is 2.84. The lowest BCUT2D eigenvalue weighted by atomic mass is 10.5. The van der Waals surface area contributed by atoms with Gasteiger partial charge in [-0.05, 0) is 18.8 Å². The van der Waals surface area contributed by atoms with Crippen molar-refractivity contribution in [3.8, 4) is 0 Å². The molecule has 0 saturated heterocycles. The minimum absolute atomic E-state index is 0.551. The van der Waals surface area contributed by atoms with Crippen LogP contribution in [0, 0.1) is 5.92 Å². The Morgan fingerprint density at radius 2 is 2.38 bits per heavy atom. The highest BCUT2D eigenvalue weighted by Gasteiger charge is 2.21. The van der Waals surface area contributed by atoms with Gasteiger partial charge >= 0.3 is 0 Å². The Kier molecular flexibility index (Phi) is 2.72. The van der Waals surface area contributed by atoms with Gasteiger partial charge in [0, 0.05) is 6.61 Å². The monoisotopic (exact) mass is 200 g/mol. The molecule has 1 heterocycles. The molecule has 0 amide bonds. The van der Waals surface area contributed by atoms with Crippen LogP contribution in [0.2, 0.25) is 0 Å². The van der Waals surface area contributed by atoms with E-state index < -0.39 is 0 Å². The van der Waals surface area contributed by atoms with Crippen molar-refractivity contribution in [3.63, 3.8) is 0 Å². The lowest BCUT2D eigenvalue weighted by molar-refractivity contribution is 0.110. The number of rotatable bonds is 5. The Balaban J connectivity index is 1.72. The third-order valence-electron chi connectivity index (χ3n) is 1.87. The van der Waals surface area contributed by atoms with Crippen LogP contribution in [0.25, 0.3) is 0 Å². The van der Waals surface area contributed by atoms with E-state index in [9.17, 15) is 0 Å². The summed E-state index contributed by atoms with van der Waals surface area (Å²) < 4.78 is 5.44. The van der Waals surface area contributed by atoms with E-state index in [1.54, 1.807) is 0 Å². The standard InChI is InChI=1S/C7H12N4OS/c8-9-7-11-10-6(13-7)4-12-3-5-1-2-5/h5H,1-4,8H2,(H,9,11). The normalized spacial score (nSPS) is 16.1. The quantitative estimate of drug-likeness (QED) is 0.542. The molecule has 5 nitrogen and oxygen atoms in total. The molecule has 0 radical (unpaired) electrons. The van der Waals surface area contributed by atoms with Gasteiger partial charge in [-0.2, -0.15) is 0 Å². The van der Waals surface area contributed by atoms with Crippen LogP contribution in [0.4, 0.5) is 5.13 Å². The minimum atomic E-state index is 0.551. The SMILES string of the molecule is NNc1nnc(COCC2CC2)s1. The molecule has 72 valence electrons. The molecule has 1 fully saturated rings. The molecule has 0 unspecified atom stereocenters. The fraction of sp³-hybridized carbons (Fsp3) is 0.714. The van der Waals surface area contributed by atoms with Crippen molar-refractivity contribution in [2.24, 2.45) is 11.8 Å². The second-order valence-corrected chi connectivity index (χ2v) is 4.17. The highest BCUT2D eigenvalue weighted by molar-refractivity contribution is 7.15. The van der Waals surface area contributed by atoms with Crippen molar-refractivity contribution in [1.82, 2.24) is 10.2 Å². The van der Waals surface area contributed by atoms with Crippen molar-refractivity contribution in [3.05, 3.63) is 5.01 Å². The number of hydrogen-bond acceptors (Lipinski definition) is 6. The van der Waals surface area contributed by atoms with Crippen LogP contribution in [-0.4, -0.2) is 16.8 Å². The van der Waals surface area contributed by atoms with Gasteiger partial charge in [0.25, 0.3) is 0 Å².